The molecule has 0 aliphatic carbocycles. The molecule has 0 aromatic carbocycles. The van der Waals surface area contributed by atoms with Crippen molar-refractivity contribution < 1.29 is 32.6 Å². The standard InChI is InChI=1S/C21H24F3N5O4/c1-12-8-16(27-28-19(12)33-11-21(22,23)24)13(2)29-10-15-14(20(29)32)4-6-25-17(15)9-18(31)26-5-3-7-30/h4,6,8,13,30H,3,5,7,9-11H2,1-2H3,(H,26,31). The van der Waals surface area contributed by atoms with E-state index < -0.39 is 18.8 Å². The second kappa shape index (κ2) is 10.1. The number of aliphatic hydroxyl groups excluding tert-OH is 1. The van der Waals surface area contributed by atoms with Gasteiger partial charge in [0.2, 0.25) is 11.8 Å². The summed E-state index contributed by atoms with van der Waals surface area (Å²) in [6, 6.07) is 2.59. The molecule has 0 saturated carbocycles. The minimum atomic E-state index is -4.49. The molecular weight excluding hydrogens is 443 g/mol. The first-order valence-electron chi connectivity index (χ1n) is 10.3. The summed E-state index contributed by atoms with van der Waals surface area (Å²) in [6.45, 7) is 2.33. The van der Waals surface area contributed by atoms with Crippen molar-refractivity contribution >= 4 is 11.8 Å². The summed E-state index contributed by atoms with van der Waals surface area (Å²) in [5, 5.41) is 19.2. The van der Waals surface area contributed by atoms with Gasteiger partial charge in [0.1, 0.15) is 0 Å². The van der Waals surface area contributed by atoms with Crippen LogP contribution in [0.5, 0.6) is 5.88 Å². The molecule has 1 unspecified atom stereocenters. The average Bonchev–Trinajstić information content (AvgIpc) is 3.09. The van der Waals surface area contributed by atoms with Crippen molar-refractivity contribution in [1.29, 1.82) is 0 Å². The number of hydrogen-bond donors (Lipinski definition) is 2. The SMILES string of the molecule is Cc1cc(C(C)N2Cc3c(ccnc3CC(=O)NCCCO)C2=O)nnc1OCC(F)(F)F. The van der Waals surface area contributed by atoms with Gasteiger partial charge in [0.05, 0.1) is 23.9 Å². The van der Waals surface area contributed by atoms with E-state index >= 15 is 0 Å². The number of hydrogen-bond acceptors (Lipinski definition) is 7. The molecule has 0 radical (unpaired) electrons. The minimum Gasteiger partial charge on any atom is -0.467 e. The maximum atomic E-state index is 13.0. The van der Waals surface area contributed by atoms with Gasteiger partial charge >= 0.3 is 6.18 Å². The molecule has 1 aliphatic rings. The normalized spacial score (nSPS) is 14.2. The Morgan fingerprint density at radius 2 is 2.12 bits per heavy atom. The van der Waals surface area contributed by atoms with Gasteiger partial charge in [-0.05, 0) is 32.4 Å². The second-order valence-electron chi connectivity index (χ2n) is 7.66. The molecule has 12 heteroatoms. The van der Waals surface area contributed by atoms with Crippen LogP contribution in [0.1, 0.15) is 52.3 Å². The number of amides is 2. The van der Waals surface area contributed by atoms with Gasteiger partial charge in [-0.2, -0.15) is 13.2 Å². The number of alkyl halides is 3. The van der Waals surface area contributed by atoms with Gasteiger partial charge in [0, 0.05) is 42.6 Å². The Hall–Kier alpha value is -3.28. The minimum absolute atomic E-state index is 0.00570. The predicted octanol–water partition coefficient (Wildman–Crippen LogP) is 1.88. The number of fused-ring (bicyclic) bond motifs is 1. The van der Waals surface area contributed by atoms with Gasteiger partial charge in [-0.15, -0.1) is 10.2 Å². The molecule has 33 heavy (non-hydrogen) atoms. The van der Waals surface area contributed by atoms with Crippen LogP contribution in [-0.2, 0) is 17.8 Å². The Morgan fingerprint density at radius 3 is 2.79 bits per heavy atom. The molecule has 2 N–H and O–H groups in total. The number of nitrogens with one attached hydrogen (secondary N) is 1. The summed E-state index contributed by atoms with van der Waals surface area (Å²) < 4.78 is 41.9. The van der Waals surface area contributed by atoms with Crippen LogP contribution in [0, 0.1) is 6.92 Å². The van der Waals surface area contributed by atoms with Crippen LogP contribution in [0.15, 0.2) is 18.3 Å². The smallest absolute Gasteiger partial charge is 0.422 e. The summed E-state index contributed by atoms with van der Waals surface area (Å²) in [7, 11) is 0. The quantitative estimate of drug-likeness (QED) is 0.541. The highest BCUT2D eigenvalue weighted by Crippen LogP contribution is 2.32. The Morgan fingerprint density at radius 1 is 1.36 bits per heavy atom. The number of aryl methyl sites for hydroxylation is 1. The Labute approximate surface area is 188 Å². The van der Waals surface area contributed by atoms with E-state index in [4.69, 9.17) is 5.11 Å². The monoisotopic (exact) mass is 467 g/mol. The zero-order valence-corrected chi connectivity index (χ0v) is 18.1. The molecule has 3 heterocycles. The van der Waals surface area contributed by atoms with E-state index in [1.165, 1.54) is 12.3 Å². The molecule has 3 rings (SSSR count). The van der Waals surface area contributed by atoms with Gasteiger partial charge in [0.25, 0.3) is 5.91 Å². The number of carbonyl (C=O) groups excluding carboxylic acids is 2. The molecule has 178 valence electrons. The van der Waals surface area contributed by atoms with E-state index in [1.54, 1.807) is 24.8 Å². The lowest BCUT2D eigenvalue weighted by atomic mass is 10.1. The van der Waals surface area contributed by atoms with Gasteiger partial charge in [-0.25, -0.2) is 0 Å². The van der Waals surface area contributed by atoms with Gasteiger partial charge in [0.15, 0.2) is 6.61 Å². The van der Waals surface area contributed by atoms with Crippen molar-refractivity contribution in [2.75, 3.05) is 19.8 Å². The molecule has 1 aliphatic heterocycles. The topological polar surface area (TPSA) is 118 Å². The lowest BCUT2D eigenvalue weighted by molar-refractivity contribution is -0.154. The first-order chi connectivity index (χ1) is 15.6. The summed E-state index contributed by atoms with van der Waals surface area (Å²) >= 11 is 0. The fraction of sp³-hybridized carbons (Fsp3) is 0.476. The number of nitrogens with zero attached hydrogens (tertiary/aromatic N) is 4. The second-order valence-corrected chi connectivity index (χ2v) is 7.66. The Kier molecular flexibility index (Phi) is 7.46. The molecule has 0 saturated heterocycles. The van der Waals surface area contributed by atoms with E-state index in [0.29, 0.717) is 41.0 Å². The van der Waals surface area contributed by atoms with Crippen molar-refractivity contribution in [3.05, 3.63) is 46.4 Å². The molecule has 2 aromatic rings. The zero-order chi connectivity index (χ0) is 24.2. The largest absolute Gasteiger partial charge is 0.467 e. The third-order valence-electron chi connectivity index (χ3n) is 5.18. The molecule has 0 spiro atoms. The third-order valence-corrected chi connectivity index (χ3v) is 5.18. The fourth-order valence-electron chi connectivity index (χ4n) is 3.45. The summed E-state index contributed by atoms with van der Waals surface area (Å²) in [5.41, 5.74) is 2.31. The van der Waals surface area contributed by atoms with E-state index in [1.807, 2.05) is 0 Å². The van der Waals surface area contributed by atoms with Crippen molar-refractivity contribution in [2.24, 2.45) is 0 Å². The molecule has 2 aromatic heterocycles. The van der Waals surface area contributed by atoms with Crippen molar-refractivity contribution in [2.45, 2.75) is 45.5 Å². The number of halogens is 3. The van der Waals surface area contributed by atoms with E-state index in [2.05, 4.69) is 25.2 Å². The number of pyridine rings is 1. The Balaban J connectivity index is 1.73. The first kappa shape index (κ1) is 24.4. The van der Waals surface area contributed by atoms with Crippen LogP contribution in [0.2, 0.25) is 0 Å². The summed E-state index contributed by atoms with van der Waals surface area (Å²) in [4.78, 5) is 31.0. The van der Waals surface area contributed by atoms with E-state index in [9.17, 15) is 22.8 Å². The van der Waals surface area contributed by atoms with Gasteiger partial charge in [-0.3, -0.25) is 14.6 Å². The van der Waals surface area contributed by atoms with Crippen molar-refractivity contribution in [1.82, 2.24) is 25.4 Å². The highest BCUT2D eigenvalue weighted by molar-refractivity contribution is 5.99. The maximum Gasteiger partial charge on any atom is 0.422 e. The number of aliphatic hydroxyl groups is 1. The van der Waals surface area contributed by atoms with Crippen molar-refractivity contribution in [3.8, 4) is 5.88 Å². The highest BCUT2D eigenvalue weighted by atomic mass is 19.4. The Bertz CT molecular complexity index is 1030. The van der Waals surface area contributed by atoms with Crippen LogP contribution in [0.25, 0.3) is 0 Å². The van der Waals surface area contributed by atoms with E-state index in [-0.39, 0.29) is 37.3 Å². The lowest BCUT2D eigenvalue weighted by Crippen LogP contribution is -2.28. The highest BCUT2D eigenvalue weighted by Gasteiger charge is 2.35. The molecule has 0 bridgehead atoms. The average molecular weight is 467 g/mol. The number of carbonyl (C=O) groups is 2. The number of ether oxygens (including phenoxy) is 1. The maximum absolute atomic E-state index is 13.0. The van der Waals surface area contributed by atoms with Gasteiger partial charge < -0.3 is 20.1 Å². The molecule has 1 atom stereocenters. The molecular formula is C21H24F3N5O4. The van der Waals surface area contributed by atoms with Crippen LogP contribution in [0.3, 0.4) is 0 Å². The third kappa shape index (κ3) is 5.95. The summed E-state index contributed by atoms with van der Waals surface area (Å²) in [5.74, 6) is -0.754. The van der Waals surface area contributed by atoms with Crippen LogP contribution < -0.4 is 10.1 Å². The van der Waals surface area contributed by atoms with Crippen LogP contribution >= 0.6 is 0 Å². The van der Waals surface area contributed by atoms with Gasteiger partial charge in [-0.1, -0.05) is 0 Å². The number of rotatable bonds is 9. The van der Waals surface area contributed by atoms with Crippen molar-refractivity contribution in [3.63, 3.8) is 0 Å². The van der Waals surface area contributed by atoms with Crippen LogP contribution in [0.4, 0.5) is 13.2 Å². The number of aromatic nitrogens is 3. The molecule has 2 amide bonds. The fourth-order valence-corrected chi connectivity index (χ4v) is 3.45. The molecule has 9 nitrogen and oxygen atoms in total. The zero-order valence-electron chi connectivity index (χ0n) is 18.1. The summed E-state index contributed by atoms with van der Waals surface area (Å²) in [6.07, 6.45) is -2.59. The molecule has 0 fully saturated rings. The van der Waals surface area contributed by atoms with E-state index in [0.717, 1.165) is 0 Å². The first-order valence-corrected chi connectivity index (χ1v) is 10.3. The predicted molar refractivity (Wildman–Crippen MR) is 109 cm³/mol. The lowest BCUT2D eigenvalue weighted by Gasteiger charge is -2.24. The van der Waals surface area contributed by atoms with Crippen LogP contribution in [-0.4, -0.2) is 62.9 Å².